The Balaban J connectivity index is 2.21. The third-order valence-corrected chi connectivity index (χ3v) is 2.02. The molecule has 0 saturated carbocycles. The van der Waals surface area contributed by atoms with Gasteiger partial charge < -0.3 is 10.5 Å². The zero-order valence-electron chi connectivity index (χ0n) is 8.70. The molecule has 0 atom stereocenters. The van der Waals surface area contributed by atoms with Gasteiger partial charge in [-0.25, -0.2) is 0 Å². The second kappa shape index (κ2) is 6.38. The second-order valence-electron chi connectivity index (χ2n) is 3.29. The Hall–Kier alpha value is -1.09. The molecular weight excluding hydrogens is 176 g/mol. The van der Waals surface area contributed by atoms with Crippen molar-refractivity contribution < 1.29 is 4.74 Å². The Kier molecular flexibility index (Phi) is 5.00. The summed E-state index contributed by atoms with van der Waals surface area (Å²) in [5.41, 5.74) is 7.73. The van der Waals surface area contributed by atoms with Crippen molar-refractivity contribution in [2.45, 2.75) is 26.2 Å². The predicted molar refractivity (Wildman–Crippen MR) is 58.1 cm³/mol. The van der Waals surface area contributed by atoms with Gasteiger partial charge in [0.1, 0.15) is 0 Å². The molecular formula is C11H18N2O. The van der Waals surface area contributed by atoms with Gasteiger partial charge in [-0.05, 0) is 30.9 Å². The summed E-state index contributed by atoms with van der Waals surface area (Å²) in [7, 11) is 0. The van der Waals surface area contributed by atoms with Gasteiger partial charge in [0.25, 0.3) is 0 Å². The van der Waals surface area contributed by atoms with Crippen LogP contribution in [0.1, 0.15) is 25.3 Å². The molecule has 0 amide bonds. The fourth-order valence-corrected chi connectivity index (χ4v) is 1.26. The van der Waals surface area contributed by atoms with E-state index in [9.17, 15) is 0 Å². The van der Waals surface area contributed by atoms with E-state index in [1.54, 1.807) is 6.20 Å². The number of nitrogens with two attached hydrogens (primary N) is 1. The van der Waals surface area contributed by atoms with Crippen LogP contribution in [0.2, 0.25) is 0 Å². The van der Waals surface area contributed by atoms with Crippen LogP contribution in [0.15, 0.2) is 18.5 Å². The van der Waals surface area contributed by atoms with Crippen LogP contribution in [0, 0.1) is 0 Å². The molecule has 78 valence electrons. The number of pyridine rings is 1. The van der Waals surface area contributed by atoms with Gasteiger partial charge in [-0.1, -0.05) is 6.92 Å². The lowest BCUT2D eigenvalue weighted by molar-refractivity contribution is 0.132. The number of aromatic nitrogens is 1. The largest absolute Gasteiger partial charge is 0.398 e. The van der Waals surface area contributed by atoms with Crippen LogP contribution in [0.25, 0.3) is 0 Å². The van der Waals surface area contributed by atoms with Crippen LogP contribution in [0.5, 0.6) is 0 Å². The molecule has 0 bridgehead atoms. The first-order valence-electron chi connectivity index (χ1n) is 5.10. The summed E-state index contributed by atoms with van der Waals surface area (Å²) in [6.07, 6.45) is 6.58. The second-order valence-corrected chi connectivity index (χ2v) is 3.29. The molecule has 1 rings (SSSR count). The monoisotopic (exact) mass is 194 g/mol. The van der Waals surface area contributed by atoms with Crippen molar-refractivity contribution in [3.05, 3.63) is 24.0 Å². The highest BCUT2D eigenvalue weighted by molar-refractivity contribution is 5.44. The number of nitrogen functional groups attached to an aromatic ring is 1. The topological polar surface area (TPSA) is 48.1 Å². The van der Waals surface area contributed by atoms with Crippen molar-refractivity contribution in [1.82, 2.24) is 4.98 Å². The van der Waals surface area contributed by atoms with Gasteiger partial charge in [-0.2, -0.15) is 0 Å². The highest BCUT2D eigenvalue weighted by atomic mass is 16.5. The summed E-state index contributed by atoms with van der Waals surface area (Å²) in [4.78, 5) is 4.04. The summed E-state index contributed by atoms with van der Waals surface area (Å²) in [6, 6.07) is 1.84. The molecule has 3 nitrogen and oxygen atoms in total. The average Bonchev–Trinajstić information content (AvgIpc) is 2.20. The molecule has 0 fully saturated rings. The van der Waals surface area contributed by atoms with Gasteiger partial charge in [0.05, 0.1) is 0 Å². The van der Waals surface area contributed by atoms with Crippen LogP contribution < -0.4 is 5.73 Å². The first-order valence-corrected chi connectivity index (χ1v) is 5.10. The SMILES string of the molecule is CCCOCCCc1cnccc1N. The predicted octanol–water partition coefficient (Wildman–Crippen LogP) is 2.02. The van der Waals surface area contributed by atoms with E-state index in [1.807, 2.05) is 12.3 Å². The lowest BCUT2D eigenvalue weighted by atomic mass is 10.1. The van der Waals surface area contributed by atoms with E-state index in [2.05, 4.69) is 11.9 Å². The zero-order valence-corrected chi connectivity index (χ0v) is 8.70. The third-order valence-electron chi connectivity index (χ3n) is 2.02. The molecule has 0 aliphatic heterocycles. The highest BCUT2D eigenvalue weighted by Crippen LogP contribution is 2.10. The van der Waals surface area contributed by atoms with E-state index in [-0.39, 0.29) is 0 Å². The molecule has 1 heterocycles. The smallest absolute Gasteiger partial charge is 0.0469 e. The molecule has 0 unspecified atom stereocenters. The third kappa shape index (κ3) is 3.75. The van der Waals surface area contributed by atoms with Crippen molar-refractivity contribution in [2.24, 2.45) is 0 Å². The minimum Gasteiger partial charge on any atom is -0.398 e. The number of aryl methyl sites for hydroxylation is 1. The Morgan fingerprint density at radius 1 is 1.43 bits per heavy atom. The van der Waals surface area contributed by atoms with Crippen LogP contribution in [0.4, 0.5) is 5.69 Å². The van der Waals surface area contributed by atoms with Gasteiger partial charge in [0.2, 0.25) is 0 Å². The van der Waals surface area contributed by atoms with Gasteiger partial charge in [-0.15, -0.1) is 0 Å². The maximum Gasteiger partial charge on any atom is 0.0469 e. The minimum absolute atomic E-state index is 0.808. The molecule has 3 heteroatoms. The highest BCUT2D eigenvalue weighted by Gasteiger charge is 1.97. The van der Waals surface area contributed by atoms with Crippen LogP contribution in [-0.4, -0.2) is 18.2 Å². The summed E-state index contributed by atoms with van der Waals surface area (Å²) in [5, 5.41) is 0. The molecule has 0 aromatic carbocycles. The normalized spacial score (nSPS) is 10.4. The van der Waals surface area contributed by atoms with Crippen LogP contribution >= 0.6 is 0 Å². The van der Waals surface area contributed by atoms with Crippen LogP contribution in [0.3, 0.4) is 0 Å². The lowest BCUT2D eigenvalue weighted by Crippen LogP contribution is -2.00. The number of rotatable bonds is 6. The number of hydrogen-bond donors (Lipinski definition) is 1. The lowest BCUT2D eigenvalue weighted by Gasteiger charge is -2.04. The van der Waals surface area contributed by atoms with Crippen molar-refractivity contribution >= 4 is 5.69 Å². The van der Waals surface area contributed by atoms with E-state index < -0.39 is 0 Å². The first kappa shape index (κ1) is 11.0. The summed E-state index contributed by atoms with van der Waals surface area (Å²) < 4.78 is 5.38. The van der Waals surface area contributed by atoms with Gasteiger partial charge >= 0.3 is 0 Å². The summed E-state index contributed by atoms with van der Waals surface area (Å²) in [6.45, 7) is 3.77. The molecule has 0 spiro atoms. The first-order chi connectivity index (χ1) is 6.84. The van der Waals surface area contributed by atoms with Crippen LogP contribution in [-0.2, 0) is 11.2 Å². The van der Waals surface area contributed by atoms with Crippen molar-refractivity contribution in [3.63, 3.8) is 0 Å². The minimum atomic E-state index is 0.808. The average molecular weight is 194 g/mol. The Labute approximate surface area is 85.3 Å². The Bertz CT molecular complexity index is 263. The number of ether oxygens (including phenoxy) is 1. The van der Waals surface area contributed by atoms with Gasteiger partial charge in [0, 0.05) is 31.3 Å². The van der Waals surface area contributed by atoms with E-state index in [1.165, 1.54) is 0 Å². The Morgan fingerprint density at radius 3 is 3.00 bits per heavy atom. The van der Waals surface area contributed by atoms with Gasteiger partial charge in [-0.3, -0.25) is 4.98 Å². The summed E-state index contributed by atoms with van der Waals surface area (Å²) >= 11 is 0. The summed E-state index contributed by atoms with van der Waals surface area (Å²) in [5.74, 6) is 0. The maximum atomic E-state index is 5.78. The molecule has 14 heavy (non-hydrogen) atoms. The van der Waals surface area contributed by atoms with E-state index in [0.717, 1.165) is 43.7 Å². The maximum absolute atomic E-state index is 5.78. The van der Waals surface area contributed by atoms with E-state index >= 15 is 0 Å². The molecule has 0 radical (unpaired) electrons. The standard InChI is InChI=1S/C11H18N2O/c1-2-7-14-8-3-4-10-9-13-6-5-11(10)12/h5-6,9H,2-4,7-8H2,1H3,(H2,12,13). The number of anilines is 1. The Morgan fingerprint density at radius 2 is 2.29 bits per heavy atom. The van der Waals surface area contributed by atoms with E-state index in [0.29, 0.717) is 0 Å². The molecule has 2 N–H and O–H groups in total. The molecule has 0 saturated heterocycles. The fourth-order valence-electron chi connectivity index (χ4n) is 1.26. The quantitative estimate of drug-likeness (QED) is 0.705. The van der Waals surface area contributed by atoms with Crippen molar-refractivity contribution in [3.8, 4) is 0 Å². The molecule has 0 aliphatic rings. The molecule has 1 aromatic rings. The number of hydrogen-bond acceptors (Lipinski definition) is 3. The van der Waals surface area contributed by atoms with Crippen molar-refractivity contribution in [1.29, 1.82) is 0 Å². The zero-order chi connectivity index (χ0) is 10.2. The van der Waals surface area contributed by atoms with Crippen molar-refractivity contribution in [2.75, 3.05) is 18.9 Å². The molecule has 0 aliphatic carbocycles. The van der Waals surface area contributed by atoms with E-state index in [4.69, 9.17) is 10.5 Å². The number of nitrogens with zero attached hydrogens (tertiary/aromatic N) is 1. The molecule has 1 aromatic heterocycles. The van der Waals surface area contributed by atoms with Gasteiger partial charge in [0.15, 0.2) is 0 Å². The fraction of sp³-hybridized carbons (Fsp3) is 0.545.